The van der Waals surface area contributed by atoms with Gasteiger partial charge in [-0.25, -0.2) is 0 Å². The summed E-state index contributed by atoms with van der Waals surface area (Å²) in [5.74, 6) is 1.04. The van der Waals surface area contributed by atoms with Crippen molar-refractivity contribution in [3.05, 3.63) is 47.7 Å². The smallest absolute Gasteiger partial charge is 0.287 e. The first-order chi connectivity index (χ1) is 15.5. The first-order valence-electron chi connectivity index (χ1n) is 12.0. The average Bonchev–Trinajstić information content (AvgIpc) is 3.43. The second-order valence-electron chi connectivity index (χ2n) is 8.97. The zero-order valence-electron chi connectivity index (χ0n) is 19.8. The third-order valence-electron chi connectivity index (χ3n) is 5.95. The highest BCUT2D eigenvalue weighted by molar-refractivity contribution is 5.91. The van der Waals surface area contributed by atoms with Crippen LogP contribution in [0, 0.1) is 5.92 Å². The van der Waals surface area contributed by atoms with Gasteiger partial charge in [-0.1, -0.05) is 27.2 Å². The van der Waals surface area contributed by atoms with Crippen LogP contribution in [0.3, 0.4) is 0 Å². The van der Waals surface area contributed by atoms with Crippen molar-refractivity contribution in [1.82, 2.24) is 19.7 Å². The Morgan fingerprint density at radius 2 is 1.94 bits per heavy atom. The van der Waals surface area contributed by atoms with Crippen LogP contribution < -0.4 is 5.32 Å². The maximum absolute atomic E-state index is 12.5. The third-order valence-corrected chi connectivity index (χ3v) is 5.95. The van der Waals surface area contributed by atoms with Gasteiger partial charge in [0.1, 0.15) is 5.76 Å². The molecule has 1 saturated heterocycles. The van der Waals surface area contributed by atoms with Gasteiger partial charge in [-0.15, -0.1) is 0 Å². The number of carbonyl (C=O) groups is 2. The molecule has 0 spiro atoms. The van der Waals surface area contributed by atoms with Crippen molar-refractivity contribution >= 4 is 11.8 Å². The van der Waals surface area contributed by atoms with Crippen molar-refractivity contribution in [2.24, 2.45) is 5.92 Å². The van der Waals surface area contributed by atoms with Crippen molar-refractivity contribution in [3.8, 4) is 0 Å². The van der Waals surface area contributed by atoms with Crippen LogP contribution in [0.1, 0.15) is 68.5 Å². The molecule has 1 fully saturated rings. The van der Waals surface area contributed by atoms with Gasteiger partial charge in [0, 0.05) is 37.4 Å². The Morgan fingerprint density at radius 3 is 2.66 bits per heavy atom. The first kappa shape index (κ1) is 24.1. The van der Waals surface area contributed by atoms with Crippen molar-refractivity contribution < 1.29 is 14.0 Å². The first-order valence-corrected chi connectivity index (χ1v) is 12.0. The minimum Gasteiger partial charge on any atom is -0.454 e. The molecule has 7 nitrogen and oxygen atoms in total. The summed E-state index contributed by atoms with van der Waals surface area (Å²) in [6.45, 7) is 11.6. The van der Waals surface area contributed by atoms with E-state index in [1.807, 2.05) is 43.1 Å². The number of nitrogens with one attached hydrogen (secondary N) is 1. The predicted molar refractivity (Wildman–Crippen MR) is 125 cm³/mol. The van der Waals surface area contributed by atoms with Gasteiger partial charge >= 0.3 is 0 Å². The normalized spacial score (nSPS) is 14.6. The third kappa shape index (κ3) is 6.73. The van der Waals surface area contributed by atoms with Crippen LogP contribution in [0.5, 0.6) is 0 Å². The van der Waals surface area contributed by atoms with Gasteiger partial charge < -0.3 is 24.1 Å². The highest BCUT2D eigenvalue weighted by atomic mass is 16.4. The van der Waals surface area contributed by atoms with Crippen LogP contribution >= 0.6 is 0 Å². The number of hydrogen-bond donors (Lipinski definition) is 1. The van der Waals surface area contributed by atoms with Gasteiger partial charge in [-0.05, 0) is 56.6 Å². The summed E-state index contributed by atoms with van der Waals surface area (Å²) in [6.07, 6.45) is 6.72. The van der Waals surface area contributed by atoms with E-state index in [1.165, 1.54) is 19.3 Å². The molecule has 0 saturated carbocycles. The highest BCUT2D eigenvalue weighted by Gasteiger charge is 2.19. The number of rotatable bonds is 11. The Balaban J connectivity index is 1.54. The molecule has 2 amide bonds. The molecule has 7 heteroatoms. The Morgan fingerprint density at radius 1 is 1.16 bits per heavy atom. The van der Waals surface area contributed by atoms with E-state index in [0.29, 0.717) is 25.4 Å². The van der Waals surface area contributed by atoms with Crippen molar-refractivity contribution in [2.45, 2.75) is 59.5 Å². The number of carbonyl (C=O) groups excluding carboxylic acids is 2. The zero-order chi connectivity index (χ0) is 22.9. The summed E-state index contributed by atoms with van der Waals surface area (Å²) in [5, 5.41) is 2.97. The topological polar surface area (TPSA) is 70.7 Å². The summed E-state index contributed by atoms with van der Waals surface area (Å²) in [5.41, 5.74) is 1.05. The van der Waals surface area contributed by atoms with E-state index in [-0.39, 0.29) is 17.7 Å². The molecule has 0 unspecified atom stereocenters. The van der Waals surface area contributed by atoms with Gasteiger partial charge in [0.2, 0.25) is 5.91 Å². The number of piperidine rings is 1. The van der Waals surface area contributed by atoms with Gasteiger partial charge in [0.15, 0.2) is 5.76 Å². The predicted octanol–water partition coefficient (Wildman–Crippen LogP) is 3.74. The Labute approximate surface area is 191 Å². The summed E-state index contributed by atoms with van der Waals surface area (Å²) in [6, 6.07) is 7.61. The Kier molecular flexibility index (Phi) is 8.97. The molecule has 1 aliphatic rings. The lowest BCUT2D eigenvalue weighted by Gasteiger charge is -2.26. The number of nitrogens with zero attached hydrogens (tertiary/aromatic N) is 3. The minimum atomic E-state index is -0.169. The van der Waals surface area contributed by atoms with E-state index in [0.717, 1.165) is 44.1 Å². The fourth-order valence-electron chi connectivity index (χ4n) is 4.20. The van der Waals surface area contributed by atoms with Crippen molar-refractivity contribution in [2.75, 3.05) is 32.7 Å². The second-order valence-corrected chi connectivity index (χ2v) is 8.97. The van der Waals surface area contributed by atoms with Gasteiger partial charge in [0.25, 0.3) is 5.91 Å². The zero-order valence-corrected chi connectivity index (χ0v) is 19.8. The molecule has 3 heterocycles. The lowest BCUT2D eigenvalue weighted by Crippen LogP contribution is -2.37. The SMILES string of the molecule is CCCN(Cc1cccn1Cc1ccc(C(=O)NCCN2CCCCC2)o1)C(=O)C(C)C. The fraction of sp³-hybridized carbons (Fsp3) is 0.600. The van der Waals surface area contributed by atoms with E-state index in [9.17, 15) is 9.59 Å². The van der Waals surface area contributed by atoms with Crippen LogP contribution in [-0.4, -0.2) is 58.9 Å². The molecule has 176 valence electrons. The standard InChI is InChI=1S/C25H38N4O3/c1-4-13-29(25(31)20(2)3)18-21-9-8-16-28(21)19-22-10-11-23(32-22)24(30)26-12-17-27-14-6-5-7-15-27/h8-11,16,20H,4-7,12-15,17-19H2,1-3H3,(H,26,30). The van der Waals surface area contributed by atoms with Crippen LogP contribution in [0.25, 0.3) is 0 Å². The number of aromatic nitrogens is 1. The van der Waals surface area contributed by atoms with Crippen LogP contribution in [0.15, 0.2) is 34.9 Å². The Bertz CT molecular complexity index is 864. The molecular formula is C25H38N4O3. The molecule has 0 bridgehead atoms. The quantitative estimate of drug-likeness (QED) is 0.576. The molecule has 0 aliphatic carbocycles. The molecule has 1 aliphatic heterocycles. The van der Waals surface area contributed by atoms with E-state index >= 15 is 0 Å². The van der Waals surface area contributed by atoms with Gasteiger partial charge in [-0.3, -0.25) is 9.59 Å². The van der Waals surface area contributed by atoms with E-state index in [4.69, 9.17) is 4.42 Å². The highest BCUT2D eigenvalue weighted by Crippen LogP contribution is 2.15. The van der Waals surface area contributed by atoms with Gasteiger partial charge in [0.05, 0.1) is 13.1 Å². The van der Waals surface area contributed by atoms with E-state index < -0.39 is 0 Å². The van der Waals surface area contributed by atoms with E-state index in [1.54, 1.807) is 6.07 Å². The average molecular weight is 443 g/mol. The molecular weight excluding hydrogens is 404 g/mol. The number of amides is 2. The monoisotopic (exact) mass is 442 g/mol. The lowest BCUT2D eigenvalue weighted by molar-refractivity contribution is -0.135. The molecule has 32 heavy (non-hydrogen) atoms. The molecule has 0 radical (unpaired) electrons. The number of furan rings is 1. The summed E-state index contributed by atoms with van der Waals surface area (Å²) in [7, 11) is 0. The van der Waals surface area contributed by atoms with Crippen LogP contribution in [0.4, 0.5) is 0 Å². The number of likely N-dealkylation sites (tertiary alicyclic amines) is 1. The Hall–Kier alpha value is -2.54. The summed E-state index contributed by atoms with van der Waals surface area (Å²) in [4.78, 5) is 29.3. The summed E-state index contributed by atoms with van der Waals surface area (Å²) < 4.78 is 7.90. The van der Waals surface area contributed by atoms with Crippen molar-refractivity contribution in [3.63, 3.8) is 0 Å². The van der Waals surface area contributed by atoms with Crippen LogP contribution in [-0.2, 0) is 17.9 Å². The maximum Gasteiger partial charge on any atom is 0.287 e. The second kappa shape index (κ2) is 11.9. The van der Waals surface area contributed by atoms with Crippen molar-refractivity contribution in [1.29, 1.82) is 0 Å². The molecule has 1 N–H and O–H groups in total. The largest absolute Gasteiger partial charge is 0.454 e. The van der Waals surface area contributed by atoms with Crippen LogP contribution in [0.2, 0.25) is 0 Å². The minimum absolute atomic E-state index is 0.0222. The molecule has 2 aromatic rings. The molecule has 0 aromatic carbocycles. The van der Waals surface area contributed by atoms with E-state index in [2.05, 4.69) is 21.7 Å². The van der Waals surface area contributed by atoms with Gasteiger partial charge in [-0.2, -0.15) is 0 Å². The molecule has 0 atom stereocenters. The maximum atomic E-state index is 12.5. The summed E-state index contributed by atoms with van der Waals surface area (Å²) >= 11 is 0. The molecule has 2 aromatic heterocycles. The number of hydrogen-bond acceptors (Lipinski definition) is 4. The lowest BCUT2D eigenvalue weighted by atomic mass is 10.1. The molecule has 3 rings (SSSR count). The fourth-order valence-corrected chi connectivity index (χ4v) is 4.20.